The van der Waals surface area contributed by atoms with Crippen LogP contribution in [0.25, 0.3) is 0 Å². The number of carboxylic acid groups (broad SMARTS) is 2. The predicted octanol–water partition coefficient (Wildman–Crippen LogP) is 4.19. The molecule has 1 aliphatic heterocycles. The van der Waals surface area contributed by atoms with Crippen LogP contribution in [0, 0.1) is 0 Å². The fraction of sp³-hybridized carbons (Fsp3) is 0.667. The van der Waals surface area contributed by atoms with Gasteiger partial charge >= 0.3 is 11.9 Å². The largest absolute Gasteiger partial charge is 0.494 e. The Balaban J connectivity index is 0.000000703. The van der Waals surface area contributed by atoms with Crippen LogP contribution in [0.5, 0.6) is 5.75 Å². The normalized spacial score (nSPS) is 14.8. The molecular formula is C24H39NO6. The zero-order valence-corrected chi connectivity index (χ0v) is 19.3. The Morgan fingerprint density at radius 1 is 0.871 bits per heavy atom. The van der Waals surface area contributed by atoms with Crippen molar-refractivity contribution in [1.29, 1.82) is 0 Å². The van der Waals surface area contributed by atoms with E-state index in [4.69, 9.17) is 29.3 Å². The number of ether oxygens (including phenoxy) is 2. The average molecular weight is 438 g/mol. The number of carbonyl (C=O) groups is 2. The molecule has 1 aromatic rings. The second-order valence-corrected chi connectivity index (χ2v) is 8.81. The van der Waals surface area contributed by atoms with Gasteiger partial charge in [-0.3, -0.25) is 0 Å². The molecule has 0 bridgehead atoms. The molecule has 1 heterocycles. The van der Waals surface area contributed by atoms with E-state index in [0.717, 1.165) is 38.4 Å². The van der Waals surface area contributed by atoms with E-state index in [1.807, 2.05) is 0 Å². The number of carboxylic acids is 2. The molecular weight excluding hydrogens is 398 g/mol. The molecule has 0 radical (unpaired) electrons. The summed E-state index contributed by atoms with van der Waals surface area (Å²) in [4.78, 5) is 20.8. The molecule has 7 heteroatoms. The van der Waals surface area contributed by atoms with Crippen LogP contribution in [0.4, 0.5) is 0 Å². The summed E-state index contributed by atoms with van der Waals surface area (Å²) < 4.78 is 11.6. The topological polar surface area (TPSA) is 96.3 Å². The molecule has 7 nitrogen and oxygen atoms in total. The van der Waals surface area contributed by atoms with Gasteiger partial charge < -0.3 is 24.6 Å². The van der Waals surface area contributed by atoms with Gasteiger partial charge in [0.2, 0.25) is 0 Å². The number of nitrogens with zero attached hydrogens (tertiary/aromatic N) is 1. The zero-order chi connectivity index (χ0) is 23.1. The Hall–Kier alpha value is -2.12. The van der Waals surface area contributed by atoms with Gasteiger partial charge in [-0.1, -0.05) is 45.7 Å². The Labute approximate surface area is 186 Å². The van der Waals surface area contributed by atoms with Crippen LogP contribution < -0.4 is 4.74 Å². The molecule has 176 valence electrons. The minimum Gasteiger partial charge on any atom is -0.494 e. The lowest BCUT2D eigenvalue weighted by molar-refractivity contribution is -0.159. The summed E-state index contributed by atoms with van der Waals surface area (Å²) in [6.07, 6.45) is 7.65. The third-order valence-electron chi connectivity index (χ3n) is 5.07. The molecule has 1 aromatic carbocycles. The van der Waals surface area contributed by atoms with Crippen molar-refractivity contribution in [1.82, 2.24) is 4.90 Å². The van der Waals surface area contributed by atoms with Crippen molar-refractivity contribution in [2.24, 2.45) is 0 Å². The van der Waals surface area contributed by atoms with Gasteiger partial charge in [0.25, 0.3) is 0 Å². The fourth-order valence-electron chi connectivity index (χ4n) is 3.25. The Morgan fingerprint density at radius 2 is 1.42 bits per heavy atom. The second-order valence-electron chi connectivity index (χ2n) is 8.81. The van der Waals surface area contributed by atoms with E-state index in [1.54, 1.807) is 0 Å². The summed E-state index contributed by atoms with van der Waals surface area (Å²) in [5.41, 5.74) is 1.53. The molecule has 1 aliphatic rings. The van der Waals surface area contributed by atoms with E-state index < -0.39 is 11.9 Å². The summed E-state index contributed by atoms with van der Waals surface area (Å²) in [6, 6.07) is 8.47. The first kappa shape index (κ1) is 26.9. The molecule has 2 N–H and O–H groups in total. The smallest absolute Gasteiger partial charge is 0.414 e. The average Bonchev–Trinajstić information content (AvgIpc) is 2.99. The highest BCUT2D eigenvalue weighted by molar-refractivity contribution is 6.27. The first-order valence-electron chi connectivity index (χ1n) is 11.2. The minimum absolute atomic E-state index is 0.194. The van der Waals surface area contributed by atoms with Crippen LogP contribution in [-0.2, 0) is 19.7 Å². The number of hydrogen-bond acceptors (Lipinski definition) is 5. The van der Waals surface area contributed by atoms with Gasteiger partial charge in [0.15, 0.2) is 0 Å². The maximum absolute atomic E-state index is 9.10. The molecule has 1 saturated heterocycles. The maximum atomic E-state index is 9.10. The summed E-state index contributed by atoms with van der Waals surface area (Å²) in [6.45, 7) is 12.8. The quantitative estimate of drug-likeness (QED) is 0.442. The van der Waals surface area contributed by atoms with Crippen LogP contribution in [0.2, 0.25) is 0 Å². The Bertz CT molecular complexity index is 618. The van der Waals surface area contributed by atoms with Gasteiger partial charge in [0.05, 0.1) is 6.61 Å². The summed E-state index contributed by atoms with van der Waals surface area (Å²) in [5, 5.41) is 14.8. The molecule has 0 aliphatic carbocycles. The SMILES string of the molecule is CC(C)(C)c1ccc(OCCCOCCCN2CCCCCC2)cc1.O=C(O)C(=O)O. The van der Waals surface area contributed by atoms with E-state index >= 15 is 0 Å². The van der Waals surface area contributed by atoms with Crippen molar-refractivity contribution < 1.29 is 29.3 Å². The number of hydrogen-bond donors (Lipinski definition) is 2. The molecule has 0 amide bonds. The lowest BCUT2D eigenvalue weighted by atomic mass is 9.87. The Kier molecular flexibility index (Phi) is 12.9. The fourth-order valence-corrected chi connectivity index (χ4v) is 3.25. The highest BCUT2D eigenvalue weighted by atomic mass is 16.5. The molecule has 0 unspecified atom stereocenters. The van der Waals surface area contributed by atoms with Crippen LogP contribution in [0.3, 0.4) is 0 Å². The zero-order valence-electron chi connectivity index (χ0n) is 19.3. The van der Waals surface area contributed by atoms with Crippen molar-refractivity contribution in [2.75, 3.05) is 39.5 Å². The molecule has 0 spiro atoms. The lowest BCUT2D eigenvalue weighted by Gasteiger charge is -2.19. The number of benzene rings is 1. The van der Waals surface area contributed by atoms with Crippen LogP contribution >= 0.6 is 0 Å². The standard InChI is InChI=1S/C22H37NO2.C2H2O4/c1-22(2,3)20-10-12-21(13-11-20)25-19-9-18-24-17-8-16-23-14-6-4-5-7-15-23;3-1(4)2(5)6/h10-13H,4-9,14-19H2,1-3H3;(H,3,4)(H,5,6). The third-order valence-corrected chi connectivity index (χ3v) is 5.07. The van der Waals surface area contributed by atoms with E-state index in [0.29, 0.717) is 0 Å². The van der Waals surface area contributed by atoms with Gasteiger partial charge in [-0.25, -0.2) is 9.59 Å². The van der Waals surface area contributed by atoms with Gasteiger partial charge in [0, 0.05) is 26.2 Å². The highest BCUT2D eigenvalue weighted by Crippen LogP contribution is 2.24. The second kappa shape index (κ2) is 14.8. The van der Waals surface area contributed by atoms with Crippen molar-refractivity contribution in [3.05, 3.63) is 29.8 Å². The molecule has 0 aromatic heterocycles. The summed E-state index contributed by atoms with van der Waals surface area (Å²) in [5.74, 6) is -2.70. The highest BCUT2D eigenvalue weighted by Gasteiger charge is 2.13. The summed E-state index contributed by atoms with van der Waals surface area (Å²) in [7, 11) is 0. The molecule has 31 heavy (non-hydrogen) atoms. The Morgan fingerprint density at radius 3 is 1.94 bits per heavy atom. The maximum Gasteiger partial charge on any atom is 0.414 e. The van der Waals surface area contributed by atoms with Crippen LogP contribution in [0.15, 0.2) is 24.3 Å². The number of rotatable bonds is 9. The van der Waals surface area contributed by atoms with Crippen molar-refractivity contribution in [3.63, 3.8) is 0 Å². The van der Waals surface area contributed by atoms with Crippen molar-refractivity contribution in [3.8, 4) is 5.75 Å². The van der Waals surface area contributed by atoms with Gasteiger partial charge in [-0.15, -0.1) is 0 Å². The van der Waals surface area contributed by atoms with Crippen molar-refractivity contribution >= 4 is 11.9 Å². The van der Waals surface area contributed by atoms with Crippen LogP contribution in [0.1, 0.15) is 64.9 Å². The first-order valence-corrected chi connectivity index (χ1v) is 11.2. The monoisotopic (exact) mass is 437 g/mol. The van der Waals surface area contributed by atoms with Crippen LogP contribution in [-0.4, -0.2) is 66.5 Å². The van der Waals surface area contributed by atoms with E-state index in [1.165, 1.54) is 50.9 Å². The van der Waals surface area contributed by atoms with Gasteiger partial charge in [-0.05, 0) is 55.5 Å². The number of aliphatic carboxylic acids is 2. The van der Waals surface area contributed by atoms with E-state index in [-0.39, 0.29) is 5.41 Å². The first-order chi connectivity index (χ1) is 14.7. The van der Waals surface area contributed by atoms with E-state index in [9.17, 15) is 0 Å². The lowest BCUT2D eigenvalue weighted by Crippen LogP contribution is -2.26. The van der Waals surface area contributed by atoms with Gasteiger partial charge in [0.1, 0.15) is 5.75 Å². The third kappa shape index (κ3) is 13.0. The summed E-state index contributed by atoms with van der Waals surface area (Å²) >= 11 is 0. The predicted molar refractivity (Wildman–Crippen MR) is 121 cm³/mol. The molecule has 2 rings (SSSR count). The number of likely N-dealkylation sites (tertiary alicyclic amines) is 1. The molecule has 0 saturated carbocycles. The van der Waals surface area contributed by atoms with Gasteiger partial charge in [-0.2, -0.15) is 0 Å². The molecule has 1 fully saturated rings. The minimum atomic E-state index is -1.82. The van der Waals surface area contributed by atoms with E-state index in [2.05, 4.69) is 49.9 Å². The molecule has 0 atom stereocenters. The van der Waals surface area contributed by atoms with Crippen molar-refractivity contribution in [2.45, 2.75) is 64.7 Å².